The highest BCUT2D eigenvalue weighted by Gasteiger charge is 2.32. The molecule has 3 heteroatoms. The summed E-state index contributed by atoms with van der Waals surface area (Å²) in [6.45, 7) is 2.49. The van der Waals surface area contributed by atoms with Crippen molar-refractivity contribution >= 4 is 5.91 Å². The minimum Gasteiger partial charge on any atom is -0.358 e. The Balaban J connectivity index is 2.01. The Bertz CT molecular complexity index is 382. The number of carbonyl (C=O) groups is 1. The molecule has 0 spiro atoms. The molecule has 0 bridgehead atoms. The quantitative estimate of drug-likeness (QED) is 0.812. The van der Waals surface area contributed by atoms with Crippen molar-refractivity contribution < 1.29 is 4.79 Å². The van der Waals surface area contributed by atoms with Gasteiger partial charge in [0, 0.05) is 13.1 Å². The van der Waals surface area contributed by atoms with Gasteiger partial charge in [0.2, 0.25) is 5.91 Å². The highest BCUT2D eigenvalue weighted by molar-refractivity contribution is 5.77. The van der Waals surface area contributed by atoms with E-state index in [0.717, 1.165) is 0 Å². The second-order valence-electron chi connectivity index (χ2n) is 4.78. The second-order valence-corrected chi connectivity index (χ2v) is 4.78. The van der Waals surface area contributed by atoms with Crippen molar-refractivity contribution in [2.45, 2.75) is 25.8 Å². The van der Waals surface area contributed by atoms with Crippen LogP contribution in [0.25, 0.3) is 0 Å². The van der Waals surface area contributed by atoms with Crippen molar-refractivity contribution in [1.29, 1.82) is 0 Å². The largest absolute Gasteiger partial charge is 0.358 e. The molecule has 0 heterocycles. The van der Waals surface area contributed by atoms with Gasteiger partial charge in [0.1, 0.15) is 0 Å². The molecule has 1 aromatic rings. The van der Waals surface area contributed by atoms with Crippen molar-refractivity contribution in [2.75, 3.05) is 13.6 Å². The number of likely N-dealkylation sites (N-methyl/N-ethyl adjacent to an activating group) is 1. The van der Waals surface area contributed by atoms with E-state index in [-0.39, 0.29) is 5.91 Å². The molecule has 0 aliphatic heterocycles. The number of aryl methyl sites for hydroxylation is 1. The monoisotopic (exact) mass is 232 g/mol. The van der Waals surface area contributed by atoms with Gasteiger partial charge in [0.05, 0.1) is 6.54 Å². The van der Waals surface area contributed by atoms with Gasteiger partial charge in [-0.15, -0.1) is 0 Å². The maximum absolute atomic E-state index is 11.3. The predicted octanol–water partition coefficient (Wildman–Crippen LogP) is 1.78. The second kappa shape index (κ2) is 5.32. The molecule has 1 unspecified atom stereocenters. The molecule has 1 saturated carbocycles. The predicted molar refractivity (Wildman–Crippen MR) is 68.7 cm³/mol. The summed E-state index contributed by atoms with van der Waals surface area (Å²) in [6, 6.07) is 8.91. The Hall–Kier alpha value is -1.35. The molecule has 1 atom stereocenters. The van der Waals surface area contributed by atoms with E-state index < -0.39 is 0 Å². The third-order valence-electron chi connectivity index (χ3n) is 3.29. The molecule has 1 amide bonds. The van der Waals surface area contributed by atoms with Crippen LogP contribution in [0.5, 0.6) is 0 Å². The normalized spacial score (nSPS) is 16.6. The Kier molecular flexibility index (Phi) is 3.79. The highest BCUT2D eigenvalue weighted by Crippen LogP contribution is 2.40. The van der Waals surface area contributed by atoms with Crippen LogP contribution < -0.4 is 10.6 Å². The topological polar surface area (TPSA) is 41.1 Å². The lowest BCUT2D eigenvalue weighted by atomic mass is 10.0. The van der Waals surface area contributed by atoms with Gasteiger partial charge in [-0.05, 0) is 31.2 Å². The molecule has 1 fully saturated rings. The van der Waals surface area contributed by atoms with Crippen LogP contribution in [0, 0.1) is 12.8 Å². The smallest absolute Gasteiger partial charge is 0.233 e. The van der Waals surface area contributed by atoms with Crippen LogP contribution in [0.1, 0.15) is 30.0 Å². The van der Waals surface area contributed by atoms with Gasteiger partial charge in [-0.25, -0.2) is 0 Å². The Labute approximate surface area is 103 Å². The van der Waals surface area contributed by atoms with Gasteiger partial charge in [0.25, 0.3) is 0 Å². The van der Waals surface area contributed by atoms with E-state index in [0.29, 0.717) is 18.5 Å². The number of rotatable bonds is 5. The van der Waals surface area contributed by atoms with E-state index in [1.54, 1.807) is 7.05 Å². The lowest BCUT2D eigenvalue weighted by Gasteiger charge is -2.18. The average Bonchev–Trinajstić information content (AvgIpc) is 3.15. The highest BCUT2D eigenvalue weighted by atomic mass is 16.1. The lowest BCUT2D eigenvalue weighted by Crippen LogP contribution is -2.34. The maximum atomic E-state index is 11.3. The maximum Gasteiger partial charge on any atom is 0.233 e. The van der Waals surface area contributed by atoms with Crippen LogP contribution in [0.4, 0.5) is 0 Å². The molecule has 17 heavy (non-hydrogen) atoms. The summed E-state index contributed by atoms with van der Waals surface area (Å²) in [6.07, 6.45) is 2.53. The minimum atomic E-state index is 0.0442. The number of hydrogen-bond acceptors (Lipinski definition) is 2. The van der Waals surface area contributed by atoms with Crippen molar-refractivity contribution in [3.63, 3.8) is 0 Å². The number of nitrogens with one attached hydrogen (secondary N) is 2. The van der Waals surface area contributed by atoms with Crippen molar-refractivity contribution in [1.82, 2.24) is 10.6 Å². The van der Waals surface area contributed by atoms with Gasteiger partial charge >= 0.3 is 0 Å². The minimum absolute atomic E-state index is 0.0442. The van der Waals surface area contributed by atoms with E-state index in [9.17, 15) is 4.79 Å². The Morgan fingerprint density at radius 2 is 2.00 bits per heavy atom. The molecular formula is C14H20N2O. The van der Waals surface area contributed by atoms with E-state index >= 15 is 0 Å². The number of hydrogen-bond donors (Lipinski definition) is 2. The van der Waals surface area contributed by atoms with E-state index in [1.807, 2.05) is 0 Å². The third kappa shape index (κ3) is 3.30. The van der Waals surface area contributed by atoms with Gasteiger partial charge in [-0.1, -0.05) is 29.8 Å². The molecule has 0 aromatic heterocycles. The van der Waals surface area contributed by atoms with E-state index in [2.05, 4.69) is 41.8 Å². The SMILES string of the molecule is CNC(=O)CNC(c1ccc(C)cc1)C1CC1. The molecule has 1 aliphatic carbocycles. The standard InChI is InChI=1S/C14H20N2O/c1-10-3-5-11(6-4-10)14(12-7-8-12)16-9-13(17)15-2/h3-6,12,14,16H,7-9H2,1-2H3,(H,15,17). The fourth-order valence-electron chi connectivity index (χ4n) is 2.05. The van der Waals surface area contributed by atoms with E-state index in [4.69, 9.17) is 0 Å². The van der Waals surface area contributed by atoms with Gasteiger partial charge in [0.15, 0.2) is 0 Å². The van der Waals surface area contributed by atoms with Crippen LogP contribution in [-0.2, 0) is 4.79 Å². The fraction of sp³-hybridized carbons (Fsp3) is 0.500. The van der Waals surface area contributed by atoms with Crippen LogP contribution >= 0.6 is 0 Å². The zero-order valence-corrected chi connectivity index (χ0v) is 10.5. The number of carbonyl (C=O) groups excluding carboxylic acids is 1. The molecule has 3 nitrogen and oxygen atoms in total. The molecule has 1 aliphatic rings. The average molecular weight is 232 g/mol. The molecule has 2 rings (SSSR count). The lowest BCUT2D eigenvalue weighted by molar-refractivity contribution is -0.119. The van der Waals surface area contributed by atoms with Gasteiger partial charge < -0.3 is 10.6 Å². The fourth-order valence-corrected chi connectivity index (χ4v) is 2.05. The summed E-state index contributed by atoms with van der Waals surface area (Å²) in [5.41, 5.74) is 2.57. The Morgan fingerprint density at radius 1 is 1.35 bits per heavy atom. The summed E-state index contributed by atoms with van der Waals surface area (Å²) < 4.78 is 0. The van der Waals surface area contributed by atoms with Crippen LogP contribution in [0.3, 0.4) is 0 Å². The first kappa shape index (κ1) is 12.1. The zero-order chi connectivity index (χ0) is 12.3. The first-order valence-corrected chi connectivity index (χ1v) is 6.21. The van der Waals surface area contributed by atoms with Crippen molar-refractivity contribution in [2.24, 2.45) is 5.92 Å². The van der Waals surface area contributed by atoms with Gasteiger partial charge in [-0.2, -0.15) is 0 Å². The summed E-state index contributed by atoms with van der Waals surface area (Å²) in [4.78, 5) is 11.3. The third-order valence-corrected chi connectivity index (χ3v) is 3.29. The first-order valence-electron chi connectivity index (χ1n) is 6.21. The summed E-state index contributed by atoms with van der Waals surface area (Å²) in [5.74, 6) is 0.741. The molecular weight excluding hydrogens is 212 g/mol. The van der Waals surface area contributed by atoms with Crippen molar-refractivity contribution in [3.05, 3.63) is 35.4 Å². The molecule has 2 N–H and O–H groups in total. The van der Waals surface area contributed by atoms with Crippen molar-refractivity contribution in [3.8, 4) is 0 Å². The van der Waals surface area contributed by atoms with Crippen LogP contribution in [-0.4, -0.2) is 19.5 Å². The first-order chi connectivity index (χ1) is 8.20. The summed E-state index contributed by atoms with van der Waals surface area (Å²) >= 11 is 0. The molecule has 0 radical (unpaired) electrons. The summed E-state index contributed by atoms with van der Waals surface area (Å²) in [7, 11) is 1.67. The zero-order valence-electron chi connectivity index (χ0n) is 10.5. The Morgan fingerprint density at radius 3 is 2.53 bits per heavy atom. The molecule has 0 saturated heterocycles. The molecule has 92 valence electrons. The number of benzene rings is 1. The molecule has 1 aromatic carbocycles. The van der Waals surface area contributed by atoms with Crippen LogP contribution in [0.15, 0.2) is 24.3 Å². The van der Waals surface area contributed by atoms with Crippen LogP contribution in [0.2, 0.25) is 0 Å². The number of amides is 1. The summed E-state index contributed by atoms with van der Waals surface area (Å²) in [5, 5.41) is 5.99. The van der Waals surface area contributed by atoms with E-state index in [1.165, 1.54) is 24.0 Å². The van der Waals surface area contributed by atoms with Gasteiger partial charge in [-0.3, -0.25) is 4.79 Å².